The number of carbonyl (C=O) groups is 1. The quantitative estimate of drug-likeness (QED) is 0.143. The molecule has 0 unspecified atom stereocenters. The van der Waals surface area contributed by atoms with E-state index in [4.69, 9.17) is 33.0 Å². The van der Waals surface area contributed by atoms with Crippen LogP contribution in [-0.2, 0) is 26.2 Å². The molecule has 3 atom stereocenters. The summed E-state index contributed by atoms with van der Waals surface area (Å²) in [4.78, 5) is 10.8. The summed E-state index contributed by atoms with van der Waals surface area (Å²) in [5.41, 5.74) is 3.39. The fraction of sp³-hybridized carbons (Fsp3) is 0.344. The lowest BCUT2D eigenvalue weighted by Crippen LogP contribution is -2.33. The number of benzene rings is 3. The fourth-order valence-electron chi connectivity index (χ4n) is 5.26. The Morgan fingerprint density at radius 2 is 1.71 bits per heavy atom. The van der Waals surface area contributed by atoms with Gasteiger partial charge in [0.15, 0.2) is 0 Å². The molecule has 0 spiro atoms. The lowest BCUT2D eigenvalue weighted by Gasteiger charge is -2.25. The molecule has 1 fully saturated rings. The van der Waals surface area contributed by atoms with Crippen LogP contribution >= 0.6 is 23.2 Å². The van der Waals surface area contributed by atoms with Crippen LogP contribution in [0.25, 0.3) is 11.1 Å². The van der Waals surface area contributed by atoms with Crippen LogP contribution in [0.4, 0.5) is 0 Å². The highest BCUT2D eigenvalue weighted by Gasteiger charge is 2.36. The first-order valence-corrected chi connectivity index (χ1v) is 16.0. The number of unbranched alkanes of at least 4 members (excludes halogenated alkanes) is 1. The summed E-state index contributed by atoms with van der Waals surface area (Å²) in [5, 5.41) is 9.28. The third-order valence-corrected chi connectivity index (χ3v) is 9.63. The van der Waals surface area contributed by atoms with Crippen molar-refractivity contribution in [2.24, 2.45) is 11.8 Å². The number of hydrogen-bond donors (Lipinski definition) is 2. The number of allylic oxidation sites excluding steroid dienone is 2. The van der Waals surface area contributed by atoms with Crippen molar-refractivity contribution in [2.45, 2.75) is 56.1 Å². The first-order chi connectivity index (χ1) is 19.7. The molecular formula is C32H35Cl2NO5S. The summed E-state index contributed by atoms with van der Waals surface area (Å²) >= 11 is 12.2. The number of sulfonamides is 1. The molecule has 9 heteroatoms. The Morgan fingerprint density at radius 1 is 0.976 bits per heavy atom. The fourth-order valence-corrected chi connectivity index (χ4v) is 7.12. The summed E-state index contributed by atoms with van der Waals surface area (Å²) in [5.74, 6) is -0.629. The maximum atomic E-state index is 13.0. The topological polar surface area (TPSA) is 92.7 Å². The highest BCUT2D eigenvalue weighted by Crippen LogP contribution is 2.37. The van der Waals surface area contributed by atoms with Crippen LogP contribution in [0.3, 0.4) is 0 Å². The molecule has 1 aliphatic carbocycles. The van der Waals surface area contributed by atoms with Crippen LogP contribution in [0.1, 0.15) is 44.1 Å². The molecule has 1 saturated carbocycles. The molecule has 0 saturated heterocycles. The van der Waals surface area contributed by atoms with Crippen LogP contribution in [0.5, 0.6) is 0 Å². The van der Waals surface area contributed by atoms with Gasteiger partial charge in [0, 0.05) is 18.0 Å². The predicted octanol–water partition coefficient (Wildman–Crippen LogP) is 7.75. The zero-order valence-corrected chi connectivity index (χ0v) is 25.0. The number of carboxylic acids is 1. The van der Waals surface area contributed by atoms with Gasteiger partial charge in [-0.25, -0.2) is 13.1 Å². The Bertz CT molecular complexity index is 1430. The first kappa shape index (κ1) is 31.3. The number of halogens is 2. The second kappa shape index (κ2) is 15.0. The van der Waals surface area contributed by atoms with Crippen molar-refractivity contribution in [3.05, 3.63) is 101 Å². The van der Waals surface area contributed by atoms with Gasteiger partial charge in [0.2, 0.25) is 10.0 Å². The molecule has 3 aromatic carbocycles. The Kier molecular flexibility index (Phi) is 11.4. The van der Waals surface area contributed by atoms with Crippen LogP contribution in [-0.4, -0.2) is 32.1 Å². The summed E-state index contributed by atoms with van der Waals surface area (Å²) in [6.45, 7) is 0.726. The minimum absolute atomic E-state index is 0.0308. The molecule has 0 bridgehead atoms. The van der Waals surface area contributed by atoms with Gasteiger partial charge < -0.3 is 9.84 Å². The number of aliphatic carboxylic acids is 1. The van der Waals surface area contributed by atoms with Crippen LogP contribution in [0.15, 0.2) is 89.8 Å². The predicted molar refractivity (Wildman–Crippen MR) is 164 cm³/mol. The molecule has 0 heterocycles. The summed E-state index contributed by atoms with van der Waals surface area (Å²) in [6, 6.07) is 22.9. The average Bonchev–Trinajstić information content (AvgIpc) is 3.36. The van der Waals surface area contributed by atoms with Gasteiger partial charge >= 0.3 is 5.97 Å². The van der Waals surface area contributed by atoms with Crippen LogP contribution in [0.2, 0.25) is 10.0 Å². The zero-order chi connectivity index (χ0) is 29.2. The summed E-state index contributed by atoms with van der Waals surface area (Å²) in [6.07, 6.45) is 7.81. The molecule has 0 aromatic heterocycles. The monoisotopic (exact) mass is 615 g/mol. The maximum Gasteiger partial charge on any atom is 0.303 e. The largest absolute Gasteiger partial charge is 0.481 e. The smallest absolute Gasteiger partial charge is 0.303 e. The lowest BCUT2D eigenvalue weighted by atomic mass is 9.91. The molecule has 4 rings (SSSR count). The van der Waals surface area contributed by atoms with Gasteiger partial charge in [-0.15, -0.1) is 0 Å². The lowest BCUT2D eigenvalue weighted by molar-refractivity contribution is -0.137. The van der Waals surface area contributed by atoms with E-state index in [0.29, 0.717) is 24.5 Å². The zero-order valence-electron chi connectivity index (χ0n) is 22.7. The number of carboxylic acid groups (broad SMARTS) is 1. The van der Waals surface area contributed by atoms with Crippen molar-refractivity contribution >= 4 is 39.2 Å². The third-order valence-electron chi connectivity index (χ3n) is 7.48. The van der Waals surface area contributed by atoms with E-state index in [-0.39, 0.29) is 40.8 Å². The van der Waals surface area contributed by atoms with Crippen molar-refractivity contribution in [1.29, 1.82) is 0 Å². The van der Waals surface area contributed by atoms with Crippen LogP contribution < -0.4 is 4.72 Å². The van der Waals surface area contributed by atoms with Gasteiger partial charge in [-0.2, -0.15) is 0 Å². The van der Waals surface area contributed by atoms with Crippen molar-refractivity contribution < 1.29 is 23.1 Å². The van der Waals surface area contributed by atoms with Crippen molar-refractivity contribution in [2.75, 3.05) is 6.54 Å². The van der Waals surface area contributed by atoms with Gasteiger partial charge in [-0.1, -0.05) is 90.0 Å². The average molecular weight is 617 g/mol. The molecule has 2 N–H and O–H groups in total. The van der Waals surface area contributed by atoms with Crippen molar-refractivity contribution in [3.63, 3.8) is 0 Å². The second-order valence-corrected chi connectivity index (χ2v) is 12.9. The van der Waals surface area contributed by atoms with Gasteiger partial charge in [0.1, 0.15) is 4.90 Å². The molecule has 0 radical (unpaired) electrons. The Hall–Kier alpha value is -2.68. The van der Waals surface area contributed by atoms with Crippen LogP contribution in [0, 0.1) is 11.8 Å². The summed E-state index contributed by atoms with van der Waals surface area (Å²) in [7, 11) is -3.85. The molecule has 0 aliphatic heterocycles. The minimum atomic E-state index is -3.85. The first-order valence-electron chi connectivity index (χ1n) is 13.8. The number of nitrogens with one attached hydrogen (secondary N) is 1. The van der Waals surface area contributed by atoms with Gasteiger partial charge in [0.05, 0.1) is 17.7 Å². The standard InChI is InChI=1S/C32H35Cl2NO5S/c33-27-17-18-29(34)31(20-27)41(38,39)35-21-26-16-19-30(28(26)10-6-1-2-7-11-32(36)37)40-22-23-12-14-25(15-13-23)24-8-4-3-5-9-24/h1,3-6,8-9,12-15,17-18,20,26,28,30,35H,2,7,10-11,16,19,21-22H2,(H,36,37)/t26-,28-,30+/m1/s1. The van der Waals surface area contributed by atoms with E-state index in [1.807, 2.05) is 24.3 Å². The molecule has 3 aromatic rings. The molecule has 41 heavy (non-hydrogen) atoms. The van der Waals surface area contributed by atoms with Crippen molar-refractivity contribution in [1.82, 2.24) is 4.72 Å². The molecule has 218 valence electrons. The van der Waals surface area contributed by atoms with E-state index in [1.54, 1.807) is 6.07 Å². The SMILES string of the molecule is O=C(O)CCCC=CC[C@@H]1[C@@H](CNS(=O)(=O)c2cc(Cl)ccc2Cl)CC[C@@H]1OCc1ccc(-c2ccccc2)cc1. The number of hydrogen-bond acceptors (Lipinski definition) is 4. The Labute approximate surface area is 252 Å². The molecular weight excluding hydrogens is 581 g/mol. The van der Waals surface area contributed by atoms with Crippen molar-refractivity contribution in [3.8, 4) is 11.1 Å². The van der Waals surface area contributed by atoms with Gasteiger partial charge in [-0.05, 0) is 78.8 Å². The normalized spacial score (nSPS) is 19.1. The minimum Gasteiger partial charge on any atom is -0.481 e. The molecule has 0 amide bonds. The van der Waals surface area contributed by atoms with E-state index in [9.17, 15) is 13.2 Å². The Balaban J connectivity index is 1.40. The van der Waals surface area contributed by atoms with E-state index in [1.165, 1.54) is 12.1 Å². The third kappa shape index (κ3) is 9.15. The van der Waals surface area contributed by atoms with E-state index < -0.39 is 16.0 Å². The van der Waals surface area contributed by atoms with Gasteiger partial charge in [0.25, 0.3) is 0 Å². The highest BCUT2D eigenvalue weighted by molar-refractivity contribution is 7.89. The van der Waals surface area contributed by atoms with E-state index >= 15 is 0 Å². The Morgan fingerprint density at radius 3 is 2.44 bits per heavy atom. The molecule has 1 aliphatic rings. The van der Waals surface area contributed by atoms with E-state index in [0.717, 1.165) is 36.0 Å². The number of ether oxygens (including phenoxy) is 1. The molecule has 6 nitrogen and oxygen atoms in total. The maximum absolute atomic E-state index is 13.0. The highest BCUT2D eigenvalue weighted by atomic mass is 35.5. The second-order valence-electron chi connectivity index (χ2n) is 10.3. The summed E-state index contributed by atoms with van der Waals surface area (Å²) < 4.78 is 35.2. The van der Waals surface area contributed by atoms with Gasteiger partial charge in [-0.3, -0.25) is 4.79 Å². The number of rotatable bonds is 14. The van der Waals surface area contributed by atoms with E-state index in [2.05, 4.69) is 47.2 Å².